The summed E-state index contributed by atoms with van der Waals surface area (Å²) < 4.78 is 22.4. The van der Waals surface area contributed by atoms with Crippen LogP contribution in [0.1, 0.15) is 50.2 Å². The molecular formula is C29H34O5. The van der Waals surface area contributed by atoms with Crippen LogP contribution in [-0.2, 0) is 16.1 Å². The molecule has 0 spiro atoms. The Morgan fingerprint density at radius 2 is 1.71 bits per heavy atom. The first-order valence-electron chi connectivity index (χ1n) is 11.7. The van der Waals surface area contributed by atoms with Gasteiger partial charge in [0, 0.05) is 5.56 Å². The molecular weight excluding hydrogens is 428 g/mol. The lowest BCUT2D eigenvalue weighted by Gasteiger charge is -2.15. The average Bonchev–Trinajstić information content (AvgIpc) is 2.87. The zero-order valence-corrected chi connectivity index (χ0v) is 20.5. The molecule has 0 saturated heterocycles. The molecule has 0 aliphatic carbocycles. The summed E-state index contributed by atoms with van der Waals surface area (Å²) in [5, 5.41) is 0. The fourth-order valence-electron chi connectivity index (χ4n) is 3.66. The average molecular weight is 463 g/mol. The quantitative estimate of drug-likeness (QED) is 0.219. The summed E-state index contributed by atoms with van der Waals surface area (Å²) in [5.41, 5.74) is 4.13. The number of carbonyl (C=O) groups excluding carboxylic acids is 1. The van der Waals surface area contributed by atoms with Gasteiger partial charge < -0.3 is 18.9 Å². The van der Waals surface area contributed by atoms with E-state index in [2.05, 4.69) is 25.1 Å². The van der Waals surface area contributed by atoms with E-state index < -0.39 is 0 Å². The highest BCUT2D eigenvalue weighted by Crippen LogP contribution is 2.33. The fourth-order valence-corrected chi connectivity index (χ4v) is 3.66. The Morgan fingerprint density at radius 1 is 0.912 bits per heavy atom. The van der Waals surface area contributed by atoms with Gasteiger partial charge in [0.15, 0.2) is 0 Å². The molecule has 3 aromatic carbocycles. The van der Waals surface area contributed by atoms with E-state index in [-0.39, 0.29) is 11.9 Å². The summed E-state index contributed by atoms with van der Waals surface area (Å²) in [6.07, 6.45) is 2.40. The summed E-state index contributed by atoms with van der Waals surface area (Å²) in [6, 6.07) is 22.0. The largest absolute Gasteiger partial charge is 0.497 e. The summed E-state index contributed by atoms with van der Waals surface area (Å²) in [6.45, 7) is 5.24. The Bertz CT molecular complexity index is 1080. The standard InChI is InChI=1S/C29H34O5/c1-5-6-15-33-28-17-22(13-14-27(28)24-10-8-11-25(19-24)31-3)20-34-26-12-7-9-23(18-26)21(2)16-29(30)32-4/h7-14,17-19,21H,5-6,15-16,20H2,1-4H3/t21-/m1/s1. The van der Waals surface area contributed by atoms with Gasteiger partial charge in [-0.2, -0.15) is 0 Å². The van der Waals surface area contributed by atoms with Crippen LogP contribution in [0.5, 0.6) is 17.2 Å². The van der Waals surface area contributed by atoms with Crippen LogP contribution in [0.2, 0.25) is 0 Å². The second-order valence-electron chi connectivity index (χ2n) is 8.31. The molecule has 3 aromatic rings. The number of benzene rings is 3. The number of ether oxygens (including phenoxy) is 4. The van der Waals surface area contributed by atoms with Crippen LogP contribution in [0.3, 0.4) is 0 Å². The maximum atomic E-state index is 11.6. The van der Waals surface area contributed by atoms with Crippen molar-refractivity contribution < 1.29 is 23.7 Å². The number of hydrogen-bond acceptors (Lipinski definition) is 5. The molecule has 180 valence electrons. The fraction of sp³-hybridized carbons (Fsp3) is 0.345. The van der Waals surface area contributed by atoms with Gasteiger partial charge in [-0.3, -0.25) is 4.79 Å². The minimum atomic E-state index is -0.217. The van der Waals surface area contributed by atoms with Crippen LogP contribution in [-0.4, -0.2) is 26.8 Å². The third kappa shape index (κ3) is 7.01. The molecule has 5 heteroatoms. The van der Waals surface area contributed by atoms with Crippen molar-refractivity contribution >= 4 is 5.97 Å². The van der Waals surface area contributed by atoms with Gasteiger partial charge in [0.25, 0.3) is 0 Å². The molecule has 0 aromatic heterocycles. The smallest absolute Gasteiger partial charge is 0.306 e. The van der Waals surface area contributed by atoms with Crippen molar-refractivity contribution in [2.45, 2.75) is 45.6 Å². The van der Waals surface area contributed by atoms with Gasteiger partial charge in [-0.05, 0) is 59.4 Å². The number of hydrogen-bond donors (Lipinski definition) is 0. The normalized spacial score (nSPS) is 11.5. The molecule has 0 radical (unpaired) electrons. The minimum absolute atomic E-state index is 0.0525. The predicted molar refractivity (Wildman–Crippen MR) is 135 cm³/mol. The lowest BCUT2D eigenvalue weighted by atomic mass is 9.98. The SMILES string of the molecule is CCCCOc1cc(COc2cccc([C@H](C)CC(=O)OC)c2)ccc1-c1cccc(OC)c1. The molecule has 0 N–H and O–H groups in total. The number of carbonyl (C=O) groups is 1. The monoisotopic (exact) mass is 462 g/mol. The van der Waals surface area contributed by atoms with Crippen molar-refractivity contribution in [2.75, 3.05) is 20.8 Å². The number of esters is 1. The van der Waals surface area contributed by atoms with E-state index in [0.717, 1.165) is 52.3 Å². The summed E-state index contributed by atoms with van der Waals surface area (Å²) >= 11 is 0. The predicted octanol–water partition coefficient (Wildman–Crippen LogP) is 6.79. The highest BCUT2D eigenvalue weighted by Gasteiger charge is 2.13. The van der Waals surface area contributed by atoms with Crippen molar-refractivity contribution in [1.29, 1.82) is 0 Å². The van der Waals surface area contributed by atoms with Crippen LogP contribution in [0.15, 0.2) is 66.7 Å². The van der Waals surface area contributed by atoms with Crippen LogP contribution in [0.25, 0.3) is 11.1 Å². The Hall–Kier alpha value is -3.47. The Balaban J connectivity index is 1.76. The molecule has 0 aliphatic heterocycles. The minimum Gasteiger partial charge on any atom is -0.497 e. The Labute approximate surface area is 202 Å². The lowest BCUT2D eigenvalue weighted by molar-refractivity contribution is -0.140. The Morgan fingerprint density at radius 3 is 2.47 bits per heavy atom. The molecule has 0 heterocycles. The van der Waals surface area contributed by atoms with Crippen LogP contribution >= 0.6 is 0 Å². The maximum Gasteiger partial charge on any atom is 0.306 e. The van der Waals surface area contributed by atoms with E-state index in [1.54, 1.807) is 7.11 Å². The summed E-state index contributed by atoms with van der Waals surface area (Å²) in [7, 11) is 3.08. The van der Waals surface area contributed by atoms with Crippen molar-refractivity contribution in [3.05, 3.63) is 77.9 Å². The lowest BCUT2D eigenvalue weighted by Crippen LogP contribution is -2.06. The molecule has 0 fully saturated rings. The van der Waals surface area contributed by atoms with E-state index in [9.17, 15) is 4.79 Å². The molecule has 3 rings (SSSR count). The van der Waals surface area contributed by atoms with Crippen LogP contribution in [0.4, 0.5) is 0 Å². The first kappa shape index (κ1) is 25.2. The van der Waals surface area contributed by atoms with Gasteiger partial charge in [-0.1, -0.05) is 56.7 Å². The van der Waals surface area contributed by atoms with E-state index in [1.165, 1.54) is 7.11 Å². The van der Waals surface area contributed by atoms with Gasteiger partial charge in [-0.15, -0.1) is 0 Å². The van der Waals surface area contributed by atoms with E-state index >= 15 is 0 Å². The van der Waals surface area contributed by atoms with Crippen molar-refractivity contribution in [3.63, 3.8) is 0 Å². The van der Waals surface area contributed by atoms with Crippen LogP contribution < -0.4 is 14.2 Å². The second kappa shape index (κ2) is 12.7. The maximum absolute atomic E-state index is 11.6. The van der Waals surface area contributed by atoms with Gasteiger partial charge in [-0.25, -0.2) is 0 Å². The first-order chi connectivity index (χ1) is 16.5. The molecule has 0 bridgehead atoms. The zero-order valence-electron chi connectivity index (χ0n) is 20.5. The highest BCUT2D eigenvalue weighted by atomic mass is 16.5. The third-order valence-electron chi connectivity index (χ3n) is 5.72. The molecule has 5 nitrogen and oxygen atoms in total. The molecule has 0 unspecified atom stereocenters. The van der Waals surface area contributed by atoms with Gasteiger partial charge >= 0.3 is 5.97 Å². The molecule has 0 saturated carbocycles. The highest BCUT2D eigenvalue weighted by molar-refractivity contribution is 5.72. The molecule has 0 aliphatic rings. The summed E-state index contributed by atoms with van der Waals surface area (Å²) in [4.78, 5) is 11.6. The number of unbranched alkanes of at least 4 members (excludes halogenated alkanes) is 1. The van der Waals surface area contributed by atoms with Gasteiger partial charge in [0.2, 0.25) is 0 Å². The number of rotatable bonds is 12. The van der Waals surface area contributed by atoms with Gasteiger partial charge in [0.05, 0.1) is 27.2 Å². The van der Waals surface area contributed by atoms with Crippen LogP contribution in [0, 0.1) is 0 Å². The number of methoxy groups -OCH3 is 2. The van der Waals surface area contributed by atoms with Crippen molar-refractivity contribution in [2.24, 2.45) is 0 Å². The second-order valence-corrected chi connectivity index (χ2v) is 8.31. The Kier molecular flexibility index (Phi) is 9.39. The van der Waals surface area contributed by atoms with Crippen molar-refractivity contribution in [3.8, 4) is 28.4 Å². The topological polar surface area (TPSA) is 54.0 Å². The molecule has 0 amide bonds. The van der Waals surface area contributed by atoms with E-state index in [0.29, 0.717) is 19.6 Å². The zero-order chi connectivity index (χ0) is 24.3. The first-order valence-corrected chi connectivity index (χ1v) is 11.7. The van der Waals surface area contributed by atoms with Gasteiger partial charge in [0.1, 0.15) is 23.9 Å². The van der Waals surface area contributed by atoms with Crippen molar-refractivity contribution in [1.82, 2.24) is 0 Å². The van der Waals surface area contributed by atoms with E-state index in [4.69, 9.17) is 18.9 Å². The van der Waals surface area contributed by atoms with E-state index in [1.807, 2.05) is 55.5 Å². The third-order valence-corrected chi connectivity index (χ3v) is 5.72. The molecule has 1 atom stereocenters. The molecule has 34 heavy (non-hydrogen) atoms. The summed E-state index contributed by atoms with van der Waals surface area (Å²) in [5.74, 6) is 2.25.